The number of rotatable bonds is 18. The van der Waals surface area contributed by atoms with Gasteiger partial charge in [0.2, 0.25) is 0 Å². The van der Waals surface area contributed by atoms with Crippen LogP contribution in [0.1, 0.15) is 0 Å². The van der Waals surface area contributed by atoms with E-state index in [4.69, 9.17) is 0 Å². The van der Waals surface area contributed by atoms with E-state index < -0.39 is 0 Å². The van der Waals surface area contributed by atoms with E-state index in [1.807, 2.05) is 0 Å². The van der Waals surface area contributed by atoms with Crippen molar-refractivity contribution >= 4 is 55.7 Å². The Morgan fingerprint density at radius 3 is 0.741 bits per heavy atom. The van der Waals surface area contributed by atoms with Crippen LogP contribution in [-0.2, 0) is 0 Å². The van der Waals surface area contributed by atoms with Gasteiger partial charge in [-0.05, 0) is 252 Å². The fourth-order valence-corrected chi connectivity index (χ4v) is 16.3. The van der Waals surface area contributed by atoms with Crippen LogP contribution in [-0.4, -0.2) is 0 Å². The third kappa shape index (κ3) is 13.7. The highest BCUT2D eigenvalue weighted by atomic mass is 15.1. The van der Waals surface area contributed by atoms with Crippen LogP contribution in [0.5, 0.6) is 0 Å². The van der Waals surface area contributed by atoms with Gasteiger partial charge in [-0.3, -0.25) is 0 Å². The van der Waals surface area contributed by atoms with E-state index in [1.54, 1.807) is 0 Å². The summed E-state index contributed by atoms with van der Waals surface area (Å²) in [5, 5.41) is 4.87. The molecule has 526 valence electrons. The minimum atomic E-state index is 1.07. The number of hydrogen-bond donors (Lipinski definition) is 0. The van der Waals surface area contributed by atoms with Gasteiger partial charge in [0.05, 0.1) is 0 Å². The number of fused-ring (bicyclic) bond motifs is 2. The smallest absolute Gasteiger partial charge is 0.0462 e. The molecule has 0 N–H and O–H groups in total. The largest absolute Gasteiger partial charge is 0.311 e. The third-order valence-electron chi connectivity index (χ3n) is 21.9. The second-order valence-electron chi connectivity index (χ2n) is 28.7. The lowest BCUT2D eigenvalue weighted by Gasteiger charge is -2.26. The molecule has 0 radical (unpaired) electrons. The van der Waals surface area contributed by atoms with E-state index in [9.17, 15) is 0 Å². The number of hydrogen-bond acceptors (Lipinski definition) is 2. The van der Waals surface area contributed by atoms with E-state index in [0.29, 0.717) is 0 Å². The van der Waals surface area contributed by atoms with Crippen molar-refractivity contribution in [2.45, 2.75) is 0 Å². The fraction of sp³-hybridized carbons (Fsp3) is 0. The lowest BCUT2D eigenvalue weighted by atomic mass is 9.89. The number of anilines is 6. The maximum Gasteiger partial charge on any atom is 0.0462 e. The molecule has 0 saturated carbocycles. The van der Waals surface area contributed by atoms with Crippen LogP contribution in [0.4, 0.5) is 34.1 Å². The molecular formula is C110H76N2. The van der Waals surface area contributed by atoms with Crippen LogP contribution in [0, 0.1) is 0 Å². The Labute approximate surface area is 655 Å². The van der Waals surface area contributed by atoms with Crippen molar-refractivity contribution < 1.29 is 0 Å². The Kier molecular flexibility index (Phi) is 18.5. The van der Waals surface area contributed by atoms with Gasteiger partial charge in [-0.1, -0.05) is 364 Å². The van der Waals surface area contributed by atoms with Crippen LogP contribution in [0.2, 0.25) is 0 Å². The van der Waals surface area contributed by atoms with Crippen molar-refractivity contribution in [3.8, 4) is 134 Å². The van der Waals surface area contributed by atoms with Gasteiger partial charge >= 0.3 is 0 Å². The average Bonchev–Trinajstić information content (AvgIpc) is 0.776. The molecule has 2 nitrogen and oxygen atoms in total. The zero-order valence-electron chi connectivity index (χ0n) is 61.8. The van der Waals surface area contributed by atoms with Crippen molar-refractivity contribution in [1.29, 1.82) is 0 Å². The third-order valence-corrected chi connectivity index (χ3v) is 21.9. The lowest BCUT2D eigenvalue weighted by molar-refractivity contribution is 1.28. The van der Waals surface area contributed by atoms with Gasteiger partial charge in [0.15, 0.2) is 0 Å². The van der Waals surface area contributed by atoms with Crippen molar-refractivity contribution in [2.75, 3.05) is 9.80 Å². The molecule has 0 fully saturated rings. The standard InChI is InChI=1S/C110H76N2/c1-7-23-77(24-8-1)79-43-58-96(59-44-79)111(99-64-49-82(50-65-99)91-56-70-103(84-27-11-3-12-28-84)108(75-91)86-31-15-5-16-32-86)98-62-47-81(48-63-98)90-55-71-104-93(73-90)39-22-40-102(104)94-37-19-38-95(74-94)105-72-57-92(76-109(105)87-33-17-6-18-34-87)83-51-66-100(67-52-83)112(97-60-45-80(46-61-97)78-25-9-2-10-26-78)101-68-53-88(54-69-101)107-42-21-36-89-35-20-41-106(110(89)107)85-29-13-4-14-30-85/h1-76H. The van der Waals surface area contributed by atoms with Crippen molar-refractivity contribution in [1.82, 2.24) is 0 Å². The maximum atomic E-state index is 2.38. The predicted molar refractivity (Wildman–Crippen MR) is 476 cm³/mol. The van der Waals surface area contributed by atoms with Gasteiger partial charge in [-0.25, -0.2) is 0 Å². The summed E-state index contributed by atoms with van der Waals surface area (Å²) in [6.45, 7) is 0. The van der Waals surface area contributed by atoms with Crippen molar-refractivity contribution in [3.05, 3.63) is 461 Å². The zero-order chi connectivity index (χ0) is 74.5. The predicted octanol–water partition coefficient (Wildman–Crippen LogP) is 30.9. The van der Waals surface area contributed by atoms with Crippen molar-refractivity contribution in [3.63, 3.8) is 0 Å². The molecule has 0 unspecified atom stereocenters. The summed E-state index contributed by atoms with van der Waals surface area (Å²) >= 11 is 0. The first-order valence-electron chi connectivity index (χ1n) is 38.5. The van der Waals surface area contributed by atoms with Crippen LogP contribution < -0.4 is 9.80 Å². The summed E-state index contributed by atoms with van der Waals surface area (Å²) in [6, 6.07) is 168. The Balaban J connectivity index is 0.611. The Morgan fingerprint density at radius 2 is 0.357 bits per heavy atom. The van der Waals surface area contributed by atoms with Gasteiger partial charge in [0.1, 0.15) is 0 Å². The van der Waals surface area contributed by atoms with Crippen LogP contribution in [0.15, 0.2) is 461 Å². The SMILES string of the molecule is c1ccc(-c2ccc(N(c3ccc(-c4ccc(-c5ccccc5)c(-c5ccccc5)c4)cc3)c3ccc(-c4ccc5c(-c6cccc(-c7ccc(-c8ccc(N(c9ccc(-c%10ccccc%10)cc9)c9ccc(-c%10cccc%11cccc(-c%12ccccc%12)c%10%11)cc9)cc8)cc7-c7ccccc7)c6)cccc5c4)cc3)cc2)cc1. The Bertz CT molecular complexity index is 6500. The van der Waals surface area contributed by atoms with Gasteiger partial charge in [-0.2, -0.15) is 0 Å². The molecule has 0 heterocycles. The molecule has 19 rings (SSSR count). The summed E-state index contributed by atoms with van der Waals surface area (Å²) in [5.74, 6) is 0. The highest BCUT2D eigenvalue weighted by Gasteiger charge is 2.21. The second kappa shape index (κ2) is 30.5. The van der Waals surface area contributed by atoms with Gasteiger partial charge in [0.25, 0.3) is 0 Å². The molecule has 0 saturated heterocycles. The normalized spacial score (nSPS) is 11.2. The minimum absolute atomic E-state index is 1.07. The molecular weight excluding hydrogens is 1350 g/mol. The van der Waals surface area contributed by atoms with E-state index in [0.717, 1.165) is 67.5 Å². The topological polar surface area (TPSA) is 6.48 Å². The number of nitrogens with zero attached hydrogens (tertiary/aromatic N) is 2. The maximum absolute atomic E-state index is 2.38. The summed E-state index contributed by atoms with van der Waals surface area (Å²) < 4.78 is 0. The molecule has 2 heteroatoms. The molecule has 19 aromatic carbocycles. The van der Waals surface area contributed by atoms with Gasteiger partial charge in [-0.15, -0.1) is 0 Å². The van der Waals surface area contributed by atoms with Crippen LogP contribution in [0.3, 0.4) is 0 Å². The van der Waals surface area contributed by atoms with E-state index >= 15 is 0 Å². The summed E-state index contributed by atoms with van der Waals surface area (Å²) in [5.41, 5.74) is 34.8. The summed E-state index contributed by atoms with van der Waals surface area (Å²) in [4.78, 5) is 4.74. The Hall–Kier alpha value is -14.7. The average molecular weight is 1430 g/mol. The summed E-state index contributed by atoms with van der Waals surface area (Å²) in [6.07, 6.45) is 0. The quantitative estimate of drug-likeness (QED) is 0.0845. The molecule has 0 aliphatic heterocycles. The monoisotopic (exact) mass is 1420 g/mol. The first kappa shape index (κ1) is 67.9. The fourth-order valence-electron chi connectivity index (χ4n) is 16.3. The molecule has 0 aliphatic rings. The zero-order valence-corrected chi connectivity index (χ0v) is 61.8. The van der Waals surface area contributed by atoms with Crippen LogP contribution in [0.25, 0.3) is 155 Å². The molecule has 19 aromatic rings. The minimum Gasteiger partial charge on any atom is -0.311 e. The molecule has 0 aromatic heterocycles. The van der Waals surface area contributed by atoms with E-state index in [1.165, 1.54) is 122 Å². The lowest BCUT2D eigenvalue weighted by Crippen LogP contribution is -2.09. The van der Waals surface area contributed by atoms with E-state index in [-0.39, 0.29) is 0 Å². The van der Waals surface area contributed by atoms with Crippen LogP contribution >= 0.6 is 0 Å². The van der Waals surface area contributed by atoms with Gasteiger partial charge < -0.3 is 9.80 Å². The van der Waals surface area contributed by atoms with E-state index in [2.05, 4.69) is 471 Å². The molecule has 0 atom stereocenters. The van der Waals surface area contributed by atoms with Gasteiger partial charge in [0, 0.05) is 34.1 Å². The highest BCUT2D eigenvalue weighted by molar-refractivity contribution is 6.07. The molecule has 0 bridgehead atoms. The molecule has 0 spiro atoms. The second-order valence-corrected chi connectivity index (χ2v) is 28.7. The summed E-state index contributed by atoms with van der Waals surface area (Å²) in [7, 11) is 0. The molecule has 112 heavy (non-hydrogen) atoms. The molecule has 0 aliphatic carbocycles. The number of benzene rings is 19. The first-order chi connectivity index (χ1) is 55.5. The Morgan fingerprint density at radius 1 is 0.116 bits per heavy atom. The highest BCUT2D eigenvalue weighted by Crippen LogP contribution is 2.46. The van der Waals surface area contributed by atoms with Crippen molar-refractivity contribution in [2.24, 2.45) is 0 Å². The first-order valence-corrected chi connectivity index (χ1v) is 38.5. The molecule has 0 amide bonds.